The quantitative estimate of drug-likeness (QED) is 0.376. The van der Waals surface area contributed by atoms with Crippen molar-refractivity contribution in [1.29, 1.82) is 0 Å². The molecule has 1 aromatic rings. The van der Waals surface area contributed by atoms with Crippen molar-refractivity contribution in [2.45, 2.75) is 5.92 Å². The Kier molecular flexibility index (Phi) is 1.96. The molecule has 0 radical (unpaired) electrons. The molecule has 1 unspecified atom stereocenters. The molecule has 4 heteroatoms. The van der Waals surface area contributed by atoms with Gasteiger partial charge in [-0.2, -0.15) is 0 Å². The van der Waals surface area contributed by atoms with Gasteiger partial charge in [0, 0.05) is 5.56 Å². The Morgan fingerprint density at radius 1 is 1.43 bits per heavy atom. The average molecular weight is 192 g/mol. The van der Waals surface area contributed by atoms with E-state index in [9.17, 15) is 9.59 Å². The number of methoxy groups -OCH3 is 1. The van der Waals surface area contributed by atoms with Gasteiger partial charge in [0.2, 0.25) is 0 Å². The minimum atomic E-state index is -0.920. The minimum Gasteiger partial charge on any atom is -0.468 e. The SMILES string of the molecule is COC(=O)C1C(=O)Oc2ccccc21. The monoisotopic (exact) mass is 192 g/mol. The molecule has 1 aliphatic heterocycles. The Balaban J connectivity index is 2.44. The van der Waals surface area contributed by atoms with Gasteiger partial charge in [0.1, 0.15) is 5.75 Å². The fraction of sp³-hybridized carbons (Fsp3) is 0.200. The van der Waals surface area contributed by atoms with Crippen LogP contribution >= 0.6 is 0 Å². The maximum atomic E-state index is 11.3. The molecule has 0 bridgehead atoms. The lowest BCUT2D eigenvalue weighted by molar-refractivity contribution is -0.149. The Morgan fingerprint density at radius 3 is 2.86 bits per heavy atom. The van der Waals surface area contributed by atoms with Gasteiger partial charge in [0.05, 0.1) is 7.11 Å². The van der Waals surface area contributed by atoms with Crippen LogP contribution in [0, 0.1) is 0 Å². The van der Waals surface area contributed by atoms with Crippen molar-refractivity contribution in [3.8, 4) is 5.75 Å². The molecule has 1 aromatic carbocycles. The van der Waals surface area contributed by atoms with Crippen molar-refractivity contribution < 1.29 is 19.1 Å². The van der Waals surface area contributed by atoms with E-state index in [1.807, 2.05) is 0 Å². The Hall–Kier alpha value is -1.84. The molecule has 2 rings (SSSR count). The van der Waals surface area contributed by atoms with E-state index < -0.39 is 17.9 Å². The summed E-state index contributed by atoms with van der Waals surface area (Å²) in [5.41, 5.74) is 0.573. The number of hydrogen-bond acceptors (Lipinski definition) is 4. The van der Waals surface area contributed by atoms with E-state index in [0.29, 0.717) is 11.3 Å². The Morgan fingerprint density at radius 2 is 2.14 bits per heavy atom. The van der Waals surface area contributed by atoms with Crippen LogP contribution in [0.2, 0.25) is 0 Å². The number of benzene rings is 1. The zero-order chi connectivity index (χ0) is 10.1. The smallest absolute Gasteiger partial charge is 0.330 e. The standard InChI is InChI=1S/C10H8O4/c1-13-9(11)8-6-4-2-3-5-7(6)14-10(8)12/h2-5,8H,1H3. The van der Waals surface area contributed by atoms with E-state index in [1.54, 1.807) is 24.3 Å². The summed E-state index contributed by atoms with van der Waals surface area (Å²) >= 11 is 0. The highest BCUT2D eigenvalue weighted by Gasteiger charge is 2.39. The van der Waals surface area contributed by atoms with Crippen LogP contribution in [-0.4, -0.2) is 19.0 Å². The van der Waals surface area contributed by atoms with Gasteiger partial charge in [-0.25, -0.2) is 0 Å². The average Bonchev–Trinajstić information content (AvgIpc) is 2.53. The van der Waals surface area contributed by atoms with Crippen LogP contribution in [0.25, 0.3) is 0 Å². The first-order valence-corrected chi connectivity index (χ1v) is 4.12. The fourth-order valence-electron chi connectivity index (χ4n) is 1.45. The predicted octanol–water partition coefficient (Wildman–Crippen LogP) is 0.862. The molecule has 0 amide bonds. The van der Waals surface area contributed by atoms with Crippen molar-refractivity contribution in [2.75, 3.05) is 7.11 Å². The van der Waals surface area contributed by atoms with Crippen LogP contribution < -0.4 is 4.74 Å². The van der Waals surface area contributed by atoms with Crippen molar-refractivity contribution in [3.05, 3.63) is 29.8 Å². The van der Waals surface area contributed by atoms with E-state index in [-0.39, 0.29) is 0 Å². The third kappa shape index (κ3) is 1.16. The number of hydrogen-bond donors (Lipinski definition) is 0. The normalized spacial score (nSPS) is 18.6. The van der Waals surface area contributed by atoms with Crippen LogP contribution in [-0.2, 0) is 14.3 Å². The van der Waals surface area contributed by atoms with Crippen molar-refractivity contribution in [1.82, 2.24) is 0 Å². The molecule has 72 valence electrons. The highest BCUT2D eigenvalue weighted by Crippen LogP contribution is 2.34. The summed E-state index contributed by atoms with van der Waals surface area (Å²) in [6.45, 7) is 0. The lowest BCUT2D eigenvalue weighted by Crippen LogP contribution is -2.20. The summed E-state index contributed by atoms with van der Waals surface area (Å²) in [5, 5.41) is 0. The van der Waals surface area contributed by atoms with E-state index in [4.69, 9.17) is 4.74 Å². The molecule has 0 aromatic heterocycles. The second kappa shape index (κ2) is 3.14. The van der Waals surface area contributed by atoms with Gasteiger partial charge in [-0.05, 0) is 6.07 Å². The lowest BCUT2D eigenvalue weighted by atomic mass is 10.0. The molecule has 1 heterocycles. The van der Waals surface area contributed by atoms with Gasteiger partial charge >= 0.3 is 11.9 Å². The summed E-state index contributed by atoms with van der Waals surface area (Å²) in [6, 6.07) is 6.82. The number of rotatable bonds is 1. The van der Waals surface area contributed by atoms with E-state index in [2.05, 4.69) is 4.74 Å². The predicted molar refractivity (Wildman–Crippen MR) is 46.8 cm³/mol. The first-order chi connectivity index (χ1) is 6.74. The molecule has 0 saturated carbocycles. The maximum absolute atomic E-state index is 11.3. The van der Waals surface area contributed by atoms with Crippen LogP contribution in [0.15, 0.2) is 24.3 Å². The topological polar surface area (TPSA) is 52.6 Å². The summed E-state index contributed by atoms with van der Waals surface area (Å²) in [6.07, 6.45) is 0. The first-order valence-electron chi connectivity index (χ1n) is 4.12. The summed E-state index contributed by atoms with van der Waals surface area (Å²) < 4.78 is 9.42. The molecule has 1 atom stereocenters. The molecule has 0 spiro atoms. The van der Waals surface area contributed by atoms with E-state index >= 15 is 0 Å². The molecule has 0 N–H and O–H groups in total. The van der Waals surface area contributed by atoms with Crippen molar-refractivity contribution in [2.24, 2.45) is 0 Å². The summed E-state index contributed by atoms with van der Waals surface area (Å²) in [7, 11) is 1.25. The summed E-state index contributed by atoms with van der Waals surface area (Å²) in [5.74, 6) is -1.64. The van der Waals surface area contributed by atoms with Crippen LogP contribution in [0.5, 0.6) is 5.75 Å². The third-order valence-electron chi connectivity index (χ3n) is 2.11. The van der Waals surface area contributed by atoms with Crippen LogP contribution in [0.4, 0.5) is 0 Å². The van der Waals surface area contributed by atoms with Crippen LogP contribution in [0.3, 0.4) is 0 Å². The molecule has 0 fully saturated rings. The highest BCUT2D eigenvalue weighted by atomic mass is 16.6. The summed E-state index contributed by atoms with van der Waals surface area (Å²) in [4.78, 5) is 22.6. The minimum absolute atomic E-state index is 0.438. The van der Waals surface area contributed by atoms with Crippen LogP contribution in [0.1, 0.15) is 11.5 Å². The van der Waals surface area contributed by atoms with Gasteiger partial charge in [0.25, 0.3) is 0 Å². The zero-order valence-corrected chi connectivity index (χ0v) is 7.52. The Bertz CT molecular complexity index is 389. The molecule has 0 saturated heterocycles. The van der Waals surface area contributed by atoms with Gasteiger partial charge in [0.15, 0.2) is 5.92 Å². The number of para-hydroxylation sites is 1. The number of carbonyl (C=O) groups excluding carboxylic acids is 2. The molecule has 14 heavy (non-hydrogen) atoms. The number of carbonyl (C=O) groups is 2. The fourth-order valence-corrected chi connectivity index (χ4v) is 1.45. The van der Waals surface area contributed by atoms with Crippen molar-refractivity contribution >= 4 is 11.9 Å². The third-order valence-corrected chi connectivity index (χ3v) is 2.11. The Labute approximate surface area is 80.4 Å². The number of esters is 2. The van der Waals surface area contributed by atoms with Gasteiger partial charge < -0.3 is 9.47 Å². The second-order valence-corrected chi connectivity index (χ2v) is 2.92. The largest absolute Gasteiger partial charge is 0.468 e. The van der Waals surface area contributed by atoms with E-state index in [1.165, 1.54) is 7.11 Å². The highest BCUT2D eigenvalue weighted by molar-refractivity contribution is 6.04. The number of ether oxygens (including phenoxy) is 2. The first kappa shape index (κ1) is 8.74. The molecule has 1 aliphatic rings. The molecule has 4 nitrogen and oxygen atoms in total. The van der Waals surface area contributed by atoms with Gasteiger partial charge in [-0.1, -0.05) is 18.2 Å². The molecular formula is C10H8O4. The lowest BCUT2D eigenvalue weighted by Gasteiger charge is -2.02. The number of fused-ring (bicyclic) bond motifs is 1. The molecular weight excluding hydrogens is 184 g/mol. The maximum Gasteiger partial charge on any atom is 0.330 e. The zero-order valence-electron chi connectivity index (χ0n) is 7.52. The van der Waals surface area contributed by atoms with Crippen molar-refractivity contribution in [3.63, 3.8) is 0 Å². The molecule has 0 aliphatic carbocycles. The van der Waals surface area contributed by atoms with Gasteiger partial charge in [-0.3, -0.25) is 9.59 Å². The van der Waals surface area contributed by atoms with E-state index in [0.717, 1.165) is 0 Å². The van der Waals surface area contributed by atoms with Gasteiger partial charge in [-0.15, -0.1) is 0 Å². The second-order valence-electron chi connectivity index (χ2n) is 2.92.